The molecule has 1 heterocycles. The Morgan fingerprint density at radius 3 is 2.95 bits per heavy atom. The maximum Gasteiger partial charge on any atom is 0.321 e. The van der Waals surface area contributed by atoms with Crippen molar-refractivity contribution in [2.24, 2.45) is 0 Å². The molecule has 1 aliphatic heterocycles. The molecule has 1 N–H and O–H groups in total. The van der Waals surface area contributed by atoms with Gasteiger partial charge in [-0.05, 0) is 38.3 Å². The Labute approximate surface area is 131 Å². The summed E-state index contributed by atoms with van der Waals surface area (Å²) >= 11 is 0. The largest absolute Gasteiger partial charge is 0.493 e. The second-order valence-electron chi connectivity index (χ2n) is 5.13. The number of ether oxygens (including phenoxy) is 2. The zero-order chi connectivity index (χ0) is 15.8. The minimum absolute atomic E-state index is 0.0598. The summed E-state index contributed by atoms with van der Waals surface area (Å²) in [7, 11) is 1.62. The number of rotatable bonds is 7. The van der Waals surface area contributed by atoms with E-state index in [-0.39, 0.29) is 6.03 Å². The first kappa shape index (κ1) is 16.2. The van der Waals surface area contributed by atoms with Crippen LogP contribution in [0.3, 0.4) is 0 Å². The van der Waals surface area contributed by atoms with Crippen LogP contribution >= 0.6 is 0 Å². The van der Waals surface area contributed by atoms with Gasteiger partial charge in [-0.25, -0.2) is 4.79 Å². The van der Waals surface area contributed by atoms with Gasteiger partial charge in [0.15, 0.2) is 11.5 Å². The van der Waals surface area contributed by atoms with E-state index >= 15 is 0 Å². The lowest BCUT2D eigenvalue weighted by atomic mass is 10.2. The van der Waals surface area contributed by atoms with E-state index in [1.54, 1.807) is 12.0 Å². The third-order valence-corrected chi connectivity index (χ3v) is 3.55. The van der Waals surface area contributed by atoms with Crippen LogP contribution in [0, 0.1) is 0 Å². The minimum atomic E-state index is -0.0598. The highest BCUT2D eigenvalue weighted by Crippen LogP contribution is 2.32. The minimum Gasteiger partial charge on any atom is -0.493 e. The number of allylic oxidation sites excluding steroid dienone is 2. The molecule has 1 fully saturated rings. The molecule has 1 saturated heterocycles. The smallest absolute Gasteiger partial charge is 0.321 e. The monoisotopic (exact) mass is 304 g/mol. The molecule has 0 radical (unpaired) electrons. The molecule has 2 amide bonds. The van der Waals surface area contributed by atoms with Gasteiger partial charge in [-0.3, -0.25) is 4.90 Å². The predicted octanol–water partition coefficient (Wildman–Crippen LogP) is 3.35. The van der Waals surface area contributed by atoms with Crippen molar-refractivity contribution in [3.63, 3.8) is 0 Å². The highest BCUT2D eigenvalue weighted by Gasteiger charge is 2.20. The third-order valence-electron chi connectivity index (χ3n) is 3.55. The lowest BCUT2D eigenvalue weighted by molar-refractivity contribution is 0.243. The number of amides is 2. The van der Waals surface area contributed by atoms with Crippen LogP contribution in [0.4, 0.5) is 10.5 Å². The molecule has 0 bridgehead atoms. The summed E-state index contributed by atoms with van der Waals surface area (Å²) in [4.78, 5) is 13.7. The Balaban J connectivity index is 2.06. The average Bonchev–Trinajstić information content (AvgIpc) is 2.55. The van der Waals surface area contributed by atoms with Crippen molar-refractivity contribution in [2.45, 2.75) is 26.2 Å². The standard InChI is InChI=1S/C17H24N2O3/c1-3-4-5-6-12-22-16-13-14(8-9-15(16)21-2)19-11-7-10-18-17(19)20/h3-4,8-9,13H,5-7,10-12H2,1-2H3,(H,18,20)/b4-3-. The van der Waals surface area contributed by atoms with Crippen LogP contribution in [0.15, 0.2) is 30.4 Å². The van der Waals surface area contributed by atoms with Crippen molar-refractivity contribution in [1.29, 1.82) is 0 Å². The van der Waals surface area contributed by atoms with Crippen LogP contribution in [0.1, 0.15) is 26.2 Å². The van der Waals surface area contributed by atoms with Gasteiger partial charge < -0.3 is 14.8 Å². The van der Waals surface area contributed by atoms with Gasteiger partial charge in [0.05, 0.1) is 13.7 Å². The summed E-state index contributed by atoms with van der Waals surface area (Å²) in [6.07, 6.45) is 7.04. The second kappa shape index (κ2) is 8.32. The number of carbonyl (C=O) groups excluding carboxylic acids is 1. The first-order chi connectivity index (χ1) is 10.8. The van der Waals surface area contributed by atoms with Gasteiger partial charge in [0, 0.05) is 24.8 Å². The van der Waals surface area contributed by atoms with Crippen molar-refractivity contribution in [2.75, 3.05) is 31.7 Å². The zero-order valence-corrected chi connectivity index (χ0v) is 13.3. The first-order valence-electron chi connectivity index (χ1n) is 7.73. The van der Waals surface area contributed by atoms with Gasteiger partial charge >= 0.3 is 6.03 Å². The number of nitrogens with zero attached hydrogens (tertiary/aromatic N) is 1. The Morgan fingerprint density at radius 2 is 2.23 bits per heavy atom. The summed E-state index contributed by atoms with van der Waals surface area (Å²) in [5.74, 6) is 1.37. The van der Waals surface area contributed by atoms with Crippen molar-refractivity contribution >= 4 is 11.7 Å². The number of hydrogen-bond donors (Lipinski definition) is 1. The first-order valence-corrected chi connectivity index (χ1v) is 7.73. The number of hydrogen-bond acceptors (Lipinski definition) is 3. The fraction of sp³-hybridized carbons (Fsp3) is 0.471. The Morgan fingerprint density at radius 1 is 1.36 bits per heavy atom. The summed E-state index contributed by atoms with van der Waals surface area (Å²) in [6, 6.07) is 5.55. The molecule has 0 saturated carbocycles. The number of urea groups is 1. The van der Waals surface area contributed by atoms with E-state index in [2.05, 4.69) is 11.4 Å². The average molecular weight is 304 g/mol. The molecule has 5 heteroatoms. The highest BCUT2D eigenvalue weighted by molar-refractivity contribution is 5.93. The van der Waals surface area contributed by atoms with E-state index in [1.807, 2.05) is 31.2 Å². The molecule has 0 spiro atoms. The molecule has 1 aromatic rings. The SMILES string of the molecule is C/C=C\CCCOc1cc(N2CCCNC2=O)ccc1OC. The van der Waals surface area contributed by atoms with E-state index < -0.39 is 0 Å². The number of carbonyl (C=O) groups is 1. The number of anilines is 1. The molecule has 2 rings (SSSR count). The van der Waals surface area contributed by atoms with Gasteiger partial charge in [-0.1, -0.05) is 12.2 Å². The molecule has 5 nitrogen and oxygen atoms in total. The number of unbranched alkanes of at least 4 members (excludes halogenated alkanes) is 1. The lowest BCUT2D eigenvalue weighted by Crippen LogP contribution is -2.46. The van der Waals surface area contributed by atoms with Gasteiger partial charge in [0.2, 0.25) is 0 Å². The van der Waals surface area contributed by atoms with Gasteiger partial charge in [-0.15, -0.1) is 0 Å². The molecule has 0 aromatic heterocycles. The van der Waals surface area contributed by atoms with Gasteiger partial charge in [0.1, 0.15) is 0 Å². The predicted molar refractivity (Wildman–Crippen MR) is 87.9 cm³/mol. The van der Waals surface area contributed by atoms with E-state index in [9.17, 15) is 4.79 Å². The van der Waals surface area contributed by atoms with Crippen LogP contribution in [-0.2, 0) is 0 Å². The van der Waals surface area contributed by atoms with E-state index in [1.165, 1.54) is 0 Å². The van der Waals surface area contributed by atoms with Crippen molar-refractivity contribution in [3.8, 4) is 11.5 Å². The summed E-state index contributed by atoms with van der Waals surface area (Å²) in [5.41, 5.74) is 0.835. The van der Waals surface area contributed by atoms with Crippen molar-refractivity contribution in [1.82, 2.24) is 5.32 Å². The zero-order valence-electron chi connectivity index (χ0n) is 13.3. The Bertz CT molecular complexity index is 529. The molecule has 22 heavy (non-hydrogen) atoms. The summed E-state index contributed by atoms with van der Waals surface area (Å²) in [6.45, 7) is 4.09. The second-order valence-corrected chi connectivity index (χ2v) is 5.13. The maximum absolute atomic E-state index is 11.9. The van der Waals surface area contributed by atoms with Gasteiger partial charge in [-0.2, -0.15) is 0 Å². The van der Waals surface area contributed by atoms with Crippen molar-refractivity contribution in [3.05, 3.63) is 30.4 Å². The molecule has 1 aliphatic rings. The number of methoxy groups -OCH3 is 1. The maximum atomic E-state index is 11.9. The molecule has 0 unspecified atom stereocenters. The van der Waals surface area contributed by atoms with E-state index in [0.29, 0.717) is 18.1 Å². The van der Waals surface area contributed by atoms with Gasteiger partial charge in [0.25, 0.3) is 0 Å². The molecule has 0 aliphatic carbocycles. The van der Waals surface area contributed by atoms with Crippen LogP contribution in [0.5, 0.6) is 11.5 Å². The molecule has 0 atom stereocenters. The molecule has 1 aromatic carbocycles. The normalized spacial score (nSPS) is 15.0. The number of nitrogens with one attached hydrogen (secondary N) is 1. The van der Waals surface area contributed by atoms with E-state index in [0.717, 1.165) is 38.0 Å². The third kappa shape index (κ3) is 4.16. The Kier molecular flexibility index (Phi) is 6.13. The fourth-order valence-corrected chi connectivity index (χ4v) is 2.37. The fourth-order valence-electron chi connectivity index (χ4n) is 2.37. The molecule has 120 valence electrons. The molecular formula is C17H24N2O3. The summed E-state index contributed by atoms with van der Waals surface area (Å²) < 4.78 is 11.2. The van der Waals surface area contributed by atoms with Crippen LogP contribution in [0.25, 0.3) is 0 Å². The van der Waals surface area contributed by atoms with Crippen LogP contribution < -0.4 is 19.7 Å². The number of benzene rings is 1. The Hall–Kier alpha value is -2.17. The summed E-state index contributed by atoms with van der Waals surface area (Å²) in [5, 5.41) is 2.85. The van der Waals surface area contributed by atoms with E-state index in [4.69, 9.17) is 9.47 Å². The molecular weight excluding hydrogens is 280 g/mol. The van der Waals surface area contributed by atoms with Crippen molar-refractivity contribution < 1.29 is 14.3 Å². The highest BCUT2D eigenvalue weighted by atomic mass is 16.5. The van der Waals surface area contributed by atoms with Crippen LogP contribution in [-0.4, -0.2) is 32.8 Å². The topological polar surface area (TPSA) is 50.8 Å². The quantitative estimate of drug-likeness (QED) is 0.621. The lowest BCUT2D eigenvalue weighted by Gasteiger charge is -2.28. The van der Waals surface area contributed by atoms with Crippen LogP contribution in [0.2, 0.25) is 0 Å².